The first kappa shape index (κ1) is 19.8. The molecule has 1 unspecified atom stereocenters. The number of rotatable bonds is 4. The number of hydrogen-bond donors (Lipinski definition) is 2. The molecule has 2 N–H and O–H groups in total. The Morgan fingerprint density at radius 3 is 2.46 bits per heavy atom. The summed E-state index contributed by atoms with van der Waals surface area (Å²) in [7, 11) is 1.83. The van der Waals surface area contributed by atoms with E-state index in [2.05, 4.69) is 20.5 Å². The molecule has 0 spiro atoms. The van der Waals surface area contributed by atoms with Crippen LogP contribution in [0.1, 0.15) is 57.8 Å². The molecule has 2 saturated carbocycles. The number of carbonyl (C=O) groups excluding carboxylic acids is 1. The Morgan fingerprint density at radius 1 is 1.08 bits per heavy atom. The quantitative estimate of drug-likeness (QED) is 0.395. The minimum atomic E-state index is 0. The molecule has 0 aromatic carbocycles. The van der Waals surface area contributed by atoms with Gasteiger partial charge in [0.25, 0.3) is 0 Å². The molecule has 1 aliphatic heterocycles. The topological polar surface area (TPSA) is 56.7 Å². The van der Waals surface area contributed by atoms with Gasteiger partial charge in [-0.15, -0.1) is 24.0 Å². The van der Waals surface area contributed by atoms with Gasteiger partial charge in [0.1, 0.15) is 0 Å². The van der Waals surface area contributed by atoms with Gasteiger partial charge in [0.05, 0.1) is 0 Å². The van der Waals surface area contributed by atoms with E-state index in [4.69, 9.17) is 0 Å². The number of hydrogen-bond acceptors (Lipinski definition) is 2. The van der Waals surface area contributed by atoms with Crippen molar-refractivity contribution in [2.75, 3.05) is 26.7 Å². The maximum absolute atomic E-state index is 12.6. The first-order valence-electron chi connectivity index (χ1n) is 9.52. The zero-order valence-corrected chi connectivity index (χ0v) is 17.3. The van der Waals surface area contributed by atoms with Gasteiger partial charge in [-0.05, 0) is 38.0 Å². The van der Waals surface area contributed by atoms with Crippen molar-refractivity contribution in [3.8, 4) is 0 Å². The molecular formula is C18H33IN4O. The molecular weight excluding hydrogens is 415 g/mol. The Hall–Kier alpha value is -0.530. The highest BCUT2D eigenvalue weighted by Gasteiger charge is 2.31. The van der Waals surface area contributed by atoms with E-state index in [-0.39, 0.29) is 24.0 Å². The average molecular weight is 448 g/mol. The number of guanidine groups is 1. The van der Waals surface area contributed by atoms with Crippen molar-refractivity contribution in [3.63, 3.8) is 0 Å². The summed E-state index contributed by atoms with van der Waals surface area (Å²) in [5.41, 5.74) is 0. The molecule has 1 amide bonds. The molecule has 1 atom stereocenters. The molecule has 3 rings (SSSR count). The minimum Gasteiger partial charge on any atom is -0.356 e. The predicted octanol–water partition coefficient (Wildman–Crippen LogP) is 2.75. The van der Waals surface area contributed by atoms with Crippen molar-refractivity contribution in [2.24, 2.45) is 16.8 Å². The summed E-state index contributed by atoms with van der Waals surface area (Å²) in [6, 6.07) is 0.343. The predicted molar refractivity (Wildman–Crippen MR) is 109 cm³/mol. The van der Waals surface area contributed by atoms with Crippen LogP contribution in [0.2, 0.25) is 0 Å². The second-order valence-electron chi connectivity index (χ2n) is 7.50. The molecule has 0 aromatic heterocycles. The Labute approximate surface area is 163 Å². The first-order chi connectivity index (χ1) is 11.3. The number of halogens is 1. The Kier molecular flexibility index (Phi) is 8.10. The molecule has 1 heterocycles. The van der Waals surface area contributed by atoms with Crippen LogP contribution in [-0.2, 0) is 4.79 Å². The molecule has 24 heavy (non-hydrogen) atoms. The van der Waals surface area contributed by atoms with Crippen LogP contribution in [0.4, 0.5) is 0 Å². The molecule has 2 aliphatic carbocycles. The summed E-state index contributed by atoms with van der Waals surface area (Å²) in [6.45, 7) is 2.75. The lowest BCUT2D eigenvalue weighted by molar-refractivity contribution is -0.135. The molecule has 0 bridgehead atoms. The molecule has 5 nitrogen and oxygen atoms in total. The highest BCUT2D eigenvalue weighted by molar-refractivity contribution is 14.0. The summed E-state index contributed by atoms with van der Waals surface area (Å²) in [6.07, 6.45) is 11.0. The van der Waals surface area contributed by atoms with Crippen molar-refractivity contribution < 1.29 is 4.79 Å². The normalized spacial score (nSPS) is 25.8. The van der Waals surface area contributed by atoms with Crippen molar-refractivity contribution in [3.05, 3.63) is 0 Å². The number of likely N-dealkylation sites (tertiary alicyclic amines) is 1. The van der Waals surface area contributed by atoms with E-state index in [9.17, 15) is 4.79 Å². The third-order valence-corrected chi connectivity index (χ3v) is 5.80. The second kappa shape index (κ2) is 9.82. The highest BCUT2D eigenvalue weighted by atomic mass is 127. The third kappa shape index (κ3) is 5.23. The summed E-state index contributed by atoms with van der Waals surface area (Å²) in [4.78, 5) is 19.0. The second-order valence-corrected chi connectivity index (χ2v) is 7.50. The number of nitrogens with zero attached hydrogens (tertiary/aromatic N) is 2. The zero-order valence-electron chi connectivity index (χ0n) is 14.9. The SMILES string of the molecule is CN=C(NCC1CCC1)NC1CCN(C(=O)C2CCCCC2)C1.I. The van der Waals surface area contributed by atoms with E-state index in [1.54, 1.807) is 0 Å². The number of aliphatic imine (C=N–C) groups is 1. The lowest BCUT2D eigenvalue weighted by Gasteiger charge is -2.27. The van der Waals surface area contributed by atoms with Crippen LogP contribution in [-0.4, -0.2) is 49.5 Å². The van der Waals surface area contributed by atoms with Gasteiger partial charge in [0.15, 0.2) is 5.96 Å². The molecule has 3 aliphatic rings. The van der Waals surface area contributed by atoms with Gasteiger partial charge in [-0.2, -0.15) is 0 Å². The molecule has 138 valence electrons. The van der Waals surface area contributed by atoms with Crippen molar-refractivity contribution in [1.29, 1.82) is 0 Å². The molecule has 0 aromatic rings. The molecule has 0 radical (unpaired) electrons. The monoisotopic (exact) mass is 448 g/mol. The average Bonchev–Trinajstić information content (AvgIpc) is 3.01. The van der Waals surface area contributed by atoms with E-state index < -0.39 is 0 Å². The van der Waals surface area contributed by atoms with Gasteiger partial charge in [-0.1, -0.05) is 25.7 Å². The van der Waals surface area contributed by atoms with Crippen molar-refractivity contribution >= 4 is 35.8 Å². The van der Waals surface area contributed by atoms with Crippen LogP contribution in [0.3, 0.4) is 0 Å². The molecule has 3 fully saturated rings. The highest BCUT2D eigenvalue weighted by Crippen LogP contribution is 2.27. The van der Waals surface area contributed by atoms with Gasteiger partial charge < -0.3 is 15.5 Å². The number of carbonyl (C=O) groups is 1. The van der Waals surface area contributed by atoms with E-state index in [0.717, 1.165) is 50.8 Å². The van der Waals surface area contributed by atoms with Crippen LogP contribution in [0.25, 0.3) is 0 Å². The molecule has 1 saturated heterocycles. The van der Waals surface area contributed by atoms with Gasteiger partial charge in [-0.3, -0.25) is 9.79 Å². The van der Waals surface area contributed by atoms with Gasteiger partial charge in [-0.25, -0.2) is 0 Å². The van der Waals surface area contributed by atoms with E-state index >= 15 is 0 Å². The van der Waals surface area contributed by atoms with Crippen LogP contribution in [0.5, 0.6) is 0 Å². The van der Waals surface area contributed by atoms with Crippen LogP contribution >= 0.6 is 24.0 Å². The summed E-state index contributed by atoms with van der Waals surface area (Å²) in [5, 5.41) is 6.94. The zero-order chi connectivity index (χ0) is 16.1. The van der Waals surface area contributed by atoms with E-state index in [1.807, 2.05) is 7.05 Å². The number of nitrogens with one attached hydrogen (secondary N) is 2. The minimum absolute atomic E-state index is 0. The Morgan fingerprint density at radius 2 is 1.83 bits per heavy atom. The maximum atomic E-state index is 12.6. The van der Waals surface area contributed by atoms with Gasteiger partial charge in [0, 0.05) is 38.6 Å². The third-order valence-electron chi connectivity index (χ3n) is 5.80. The molecule has 6 heteroatoms. The summed E-state index contributed by atoms with van der Waals surface area (Å²) in [5.74, 6) is 2.40. The largest absolute Gasteiger partial charge is 0.356 e. The van der Waals surface area contributed by atoms with Gasteiger partial charge in [0.2, 0.25) is 5.91 Å². The Balaban J connectivity index is 0.00000208. The van der Waals surface area contributed by atoms with Crippen LogP contribution < -0.4 is 10.6 Å². The summed E-state index contributed by atoms with van der Waals surface area (Å²) < 4.78 is 0. The van der Waals surface area contributed by atoms with Crippen molar-refractivity contribution in [1.82, 2.24) is 15.5 Å². The smallest absolute Gasteiger partial charge is 0.225 e. The van der Waals surface area contributed by atoms with Crippen LogP contribution in [0.15, 0.2) is 4.99 Å². The van der Waals surface area contributed by atoms with Crippen molar-refractivity contribution in [2.45, 2.75) is 63.8 Å². The van der Waals surface area contributed by atoms with Crippen LogP contribution in [0, 0.1) is 11.8 Å². The summed E-state index contributed by atoms with van der Waals surface area (Å²) >= 11 is 0. The standard InChI is InChI=1S/C18H32N4O.HI/c1-19-18(20-12-14-6-5-7-14)21-16-10-11-22(13-16)17(23)15-8-3-2-4-9-15;/h14-16H,2-13H2,1H3,(H2,19,20,21);1H. The lowest BCUT2D eigenvalue weighted by atomic mass is 9.85. The van der Waals surface area contributed by atoms with E-state index in [1.165, 1.54) is 38.5 Å². The lowest BCUT2D eigenvalue weighted by Crippen LogP contribution is -2.47. The fourth-order valence-corrected chi connectivity index (χ4v) is 4.01. The fraction of sp³-hybridized carbons (Fsp3) is 0.889. The fourth-order valence-electron chi connectivity index (χ4n) is 4.01. The number of amides is 1. The van der Waals surface area contributed by atoms with Gasteiger partial charge >= 0.3 is 0 Å². The Bertz CT molecular complexity index is 433. The van der Waals surface area contributed by atoms with E-state index in [0.29, 0.717) is 17.9 Å². The first-order valence-corrected chi connectivity index (χ1v) is 9.52. The maximum Gasteiger partial charge on any atom is 0.225 e.